The summed E-state index contributed by atoms with van der Waals surface area (Å²) >= 11 is 0. The molecule has 0 aliphatic heterocycles. The molecule has 0 amide bonds. The van der Waals surface area contributed by atoms with E-state index in [0.717, 1.165) is 11.6 Å². The van der Waals surface area contributed by atoms with E-state index >= 15 is 0 Å². The van der Waals surface area contributed by atoms with Crippen LogP contribution in [0.4, 0.5) is 4.39 Å². The summed E-state index contributed by atoms with van der Waals surface area (Å²) in [5.41, 5.74) is 6.67. The van der Waals surface area contributed by atoms with Crippen molar-refractivity contribution in [1.29, 1.82) is 0 Å². The van der Waals surface area contributed by atoms with Gasteiger partial charge in [0.05, 0.1) is 12.7 Å². The minimum atomic E-state index is -0.632. The molecular formula is C16H16FNO3. The molecule has 2 aromatic carbocycles. The van der Waals surface area contributed by atoms with Gasteiger partial charge in [0.15, 0.2) is 11.6 Å². The van der Waals surface area contributed by atoms with Gasteiger partial charge in [-0.3, -0.25) is 0 Å². The van der Waals surface area contributed by atoms with Gasteiger partial charge in [-0.2, -0.15) is 0 Å². The third-order valence-corrected chi connectivity index (χ3v) is 3.01. The average molecular weight is 289 g/mol. The minimum absolute atomic E-state index is 0.0435. The SMILES string of the molecule is COC(=O)c1ccc(OC(CN)c2ccccc2)c(F)c1. The number of halogens is 1. The van der Waals surface area contributed by atoms with Crippen molar-refractivity contribution < 1.29 is 18.7 Å². The van der Waals surface area contributed by atoms with Crippen LogP contribution < -0.4 is 10.5 Å². The predicted molar refractivity (Wildman–Crippen MR) is 76.6 cm³/mol. The van der Waals surface area contributed by atoms with Crippen molar-refractivity contribution in [1.82, 2.24) is 0 Å². The third kappa shape index (κ3) is 3.58. The lowest BCUT2D eigenvalue weighted by atomic mass is 10.1. The van der Waals surface area contributed by atoms with E-state index < -0.39 is 17.9 Å². The normalized spacial score (nSPS) is 11.8. The molecule has 1 unspecified atom stereocenters. The molecule has 0 bridgehead atoms. The smallest absolute Gasteiger partial charge is 0.337 e. The lowest BCUT2D eigenvalue weighted by Crippen LogP contribution is -2.19. The Morgan fingerprint density at radius 2 is 1.95 bits per heavy atom. The van der Waals surface area contributed by atoms with Gasteiger partial charge >= 0.3 is 5.97 Å². The van der Waals surface area contributed by atoms with E-state index in [9.17, 15) is 9.18 Å². The fourth-order valence-corrected chi connectivity index (χ4v) is 1.91. The van der Waals surface area contributed by atoms with Crippen molar-refractivity contribution in [2.24, 2.45) is 5.73 Å². The highest BCUT2D eigenvalue weighted by Gasteiger charge is 2.15. The van der Waals surface area contributed by atoms with E-state index in [2.05, 4.69) is 4.74 Å². The molecule has 2 rings (SSSR count). The Balaban J connectivity index is 2.20. The molecule has 1 atom stereocenters. The second-order valence-corrected chi connectivity index (χ2v) is 4.39. The quantitative estimate of drug-likeness (QED) is 0.860. The second kappa shape index (κ2) is 6.85. The molecule has 0 aliphatic carbocycles. The molecular weight excluding hydrogens is 273 g/mol. The summed E-state index contributed by atoms with van der Waals surface area (Å²) in [6.07, 6.45) is -0.454. The first-order chi connectivity index (χ1) is 10.2. The minimum Gasteiger partial charge on any atom is -0.481 e. The monoisotopic (exact) mass is 289 g/mol. The maximum Gasteiger partial charge on any atom is 0.337 e. The van der Waals surface area contributed by atoms with Crippen LogP contribution in [0.3, 0.4) is 0 Å². The highest BCUT2D eigenvalue weighted by molar-refractivity contribution is 5.89. The Bertz CT molecular complexity index is 616. The van der Waals surface area contributed by atoms with Gasteiger partial charge in [0.2, 0.25) is 0 Å². The van der Waals surface area contributed by atoms with Crippen molar-refractivity contribution >= 4 is 5.97 Å². The highest BCUT2D eigenvalue weighted by Crippen LogP contribution is 2.25. The van der Waals surface area contributed by atoms with Crippen LogP contribution in [0, 0.1) is 5.82 Å². The van der Waals surface area contributed by atoms with Gasteiger partial charge in [-0.15, -0.1) is 0 Å². The fraction of sp³-hybridized carbons (Fsp3) is 0.188. The van der Waals surface area contributed by atoms with Crippen LogP contribution >= 0.6 is 0 Å². The zero-order valence-corrected chi connectivity index (χ0v) is 11.6. The van der Waals surface area contributed by atoms with Crippen LogP contribution in [0.2, 0.25) is 0 Å². The molecule has 4 nitrogen and oxygen atoms in total. The van der Waals surface area contributed by atoms with Gasteiger partial charge in [0, 0.05) is 6.54 Å². The third-order valence-electron chi connectivity index (χ3n) is 3.01. The van der Waals surface area contributed by atoms with Crippen LogP contribution in [0.1, 0.15) is 22.0 Å². The maximum atomic E-state index is 14.0. The van der Waals surface area contributed by atoms with Crippen LogP contribution in [-0.4, -0.2) is 19.6 Å². The first kappa shape index (κ1) is 15.0. The van der Waals surface area contributed by atoms with Crippen LogP contribution in [0.15, 0.2) is 48.5 Å². The first-order valence-corrected chi connectivity index (χ1v) is 6.45. The van der Waals surface area contributed by atoms with E-state index in [4.69, 9.17) is 10.5 Å². The molecule has 0 aromatic heterocycles. The Labute approximate surface area is 122 Å². The molecule has 0 saturated heterocycles. The van der Waals surface area contributed by atoms with E-state index in [1.54, 1.807) is 0 Å². The first-order valence-electron chi connectivity index (χ1n) is 6.45. The zero-order chi connectivity index (χ0) is 15.2. The predicted octanol–water partition coefficient (Wildman–Crippen LogP) is 2.69. The molecule has 0 radical (unpaired) electrons. The van der Waals surface area contributed by atoms with E-state index in [-0.39, 0.29) is 17.9 Å². The topological polar surface area (TPSA) is 61.5 Å². The summed E-state index contributed by atoms with van der Waals surface area (Å²) < 4.78 is 24.1. The van der Waals surface area contributed by atoms with Crippen LogP contribution in [0.5, 0.6) is 5.75 Å². The fourth-order valence-electron chi connectivity index (χ4n) is 1.91. The molecule has 110 valence electrons. The molecule has 0 spiro atoms. The van der Waals surface area contributed by atoms with Crippen molar-refractivity contribution in [2.75, 3.05) is 13.7 Å². The lowest BCUT2D eigenvalue weighted by Gasteiger charge is -2.18. The van der Waals surface area contributed by atoms with Crippen LogP contribution in [-0.2, 0) is 4.74 Å². The molecule has 2 aromatic rings. The average Bonchev–Trinajstić information content (AvgIpc) is 2.53. The van der Waals surface area contributed by atoms with Gasteiger partial charge in [0.25, 0.3) is 0 Å². The molecule has 0 saturated carbocycles. The second-order valence-electron chi connectivity index (χ2n) is 4.39. The van der Waals surface area contributed by atoms with Crippen molar-refractivity contribution in [2.45, 2.75) is 6.10 Å². The van der Waals surface area contributed by atoms with E-state index in [1.807, 2.05) is 30.3 Å². The molecule has 2 N–H and O–H groups in total. The number of hydrogen-bond donors (Lipinski definition) is 1. The Morgan fingerprint density at radius 1 is 1.24 bits per heavy atom. The van der Waals surface area contributed by atoms with Gasteiger partial charge < -0.3 is 15.2 Å². The number of nitrogens with two attached hydrogens (primary N) is 1. The Morgan fingerprint density at radius 3 is 2.52 bits per heavy atom. The molecule has 0 fully saturated rings. The zero-order valence-electron chi connectivity index (χ0n) is 11.6. The van der Waals surface area contributed by atoms with E-state index in [0.29, 0.717) is 0 Å². The number of ether oxygens (including phenoxy) is 2. The van der Waals surface area contributed by atoms with E-state index in [1.165, 1.54) is 19.2 Å². The largest absolute Gasteiger partial charge is 0.481 e. The van der Waals surface area contributed by atoms with Gasteiger partial charge in [-0.05, 0) is 23.8 Å². The highest BCUT2D eigenvalue weighted by atomic mass is 19.1. The number of esters is 1. The molecule has 21 heavy (non-hydrogen) atoms. The maximum absolute atomic E-state index is 14.0. The molecule has 5 heteroatoms. The Kier molecular flexibility index (Phi) is 4.90. The van der Waals surface area contributed by atoms with Gasteiger partial charge in [-0.25, -0.2) is 9.18 Å². The summed E-state index contributed by atoms with van der Waals surface area (Å²) in [6.45, 7) is 0.211. The standard InChI is InChI=1S/C16H16FNO3/c1-20-16(19)12-7-8-14(13(17)9-12)21-15(10-18)11-5-3-2-4-6-11/h2-9,15H,10,18H2,1H3. The summed E-state index contributed by atoms with van der Waals surface area (Å²) in [5.74, 6) is -1.19. The Hall–Kier alpha value is -2.40. The number of rotatable bonds is 5. The summed E-state index contributed by atoms with van der Waals surface area (Å²) in [6, 6.07) is 13.2. The number of hydrogen-bond acceptors (Lipinski definition) is 4. The molecule has 0 aliphatic rings. The van der Waals surface area contributed by atoms with Gasteiger partial charge in [-0.1, -0.05) is 30.3 Å². The van der Waals surface area contributed by atoms with Gasteiger partial charge in [0.1, 0.15) is 6.10 Å². The number of benzene rings is 2. The lowest BCUT2D eigenvalue weighted by molar-refractivity contribution is 0.0600. The summed E-state index contributed by atoms with van der Waals surface area (Å²) in [5, 5.41) is 0. The summed E-state index contributed by atoms with van der Waals surface area (Å²) in [7, 11) is 1.24. The molecule has 0 heterocycles. The number of methoxy groups -OCH3 is 1. The number of carbonyl (C=O) groups excluding carboxylic acids is 1. The van der Waals surface area contributed by atoms with Crippen molar-refractivity contribution in [3.05, 3.63) is 65.5 Å². The number of carbonyl (C=O) groups is 1. The van der Waals surface area contributed by atoms with Crippen molar-refractivity contribution in [3.8, 4) is 5.75 Å². The summed E-state index contributed by atoms with van der Waals surface area (Å²) in [4.78, 5) is 11.3. The van der Waals surface area contributed by atoms with Crippen LogP contribution in [0.25, 0.3) is 0 Å². The van der Waals surface area contributed by atoms with Crippen molar-refractivity contribution in [3.63, 3.8) is 0 Å².